The van der Waals surface area contributed by atoms with Gasteiger partial charge in [0.25, 0.3) is 0 Å². The van der Waals surface area contributed by atoms with Crippen LogP contribution in [-0.4, -0.2) is 37.2 Å². The van der Waals surface area contributed by atoms with E-state index in [-0.39, 0.29) is 30.5 Å². The Balaban J connectivity index is 0.00000256. The van der Waals surface area contributed by atoms with Gasteiger partial charge in [0.1, 0.15) is 0 Å². The average molecular weight is 265 g/mol. The van der Waals surface area contributed by atoms with Gasteiger partial charge in [-0.25, -0.2) is 0 Å². The van der Waals surface area contributed by atoms with Crippen LogP contribution in [0, 0.1) is 0 Å². The molecular formula is C12H25ClN2O2. The quantitative estimate of drug-likeness (QED) is 0.791. The normalized spacial score (nSPS) is 24.2. The number of hydrogen-bond acceptors (Lipinski definition) is 3. The number of ether oxygens (including phenoxy) is 1. The Labute approximate surface area is 110 Å². The Hall–Kier alpha value is -0.320. The van der Waals surface area contributed by atoms with Gasteiger partial charge in [-0.1, -0.05) is 0 Å². The van der Waals surface area contributed by atoms with Gasteiger partial charge in [0.05, 0.1) is 12.7 Å². The minimum atomic E-state index is 0. The molecule has 0 aromatic heterocycles. The van der Waals surface area contributed by atoms with Gasteiger partial charge < -0.3 is 15.4 Å². The standard InChI is InChI=1S/C12H24N2O2.ClH/c1-9(2)16-8-6-12(15)14-11-5-4-7-13-10(11)3;/h9-11,13H,4-8H2,1-3H3,(H,14,15);1H. The van der Waals surface area contributed by atoms with Crippen molar-refractivity contribution in [2.24, 2.45) is 0 Å². The molecule has 1 rings (SSSR count). The second-order valence-corrected chi connectivity index (χ2v) is 4.73. The first-order chi connectivity index (χ1) is 7.59. The van der Waals surface area contributed by atoms with Crippen molar-refractivity contribution in [3.63, 3.8) is 0 Å². The second-order valence-electron chi connectivity index (χ2n) is 4.73. The molecular weight excluding hydrogens is 240 g/mol. The number of halogens is 1. The first-order valence-electron chi connectivity index (χ1n) is 6.24. The van der Waals surface area contributed by atoms with Crippen LogP contribution in [0.2, 0.25) is 0 Å². The zero-order valence-electron chi connectivity index (χ0n) is 11.0. The Bertz CT molecular complexity index is 225. The highest BCUT2D eigenvalue weighted by Crippen LogP contribution is 2.08. The third-order valence-corrected chi connectivity index (χ3v) is 2.89. The van der Waals surface area contributed by atoms with E-state index in [1.54, 1.807) is 0 Å². The smallest absolute Gasteiger partial charge is 0.222 e. The van der Waals surface area contributed by atoms with E-state index in [0.717, 1.165) is 19.4 Å². The molecule has 1 saturated heterocycles. The first-order valence-corrected chi connectivity index (χ1v) is 6.24. The molecule has 1 aliphatic heterocycles. The van der Waals surface area contributed by atoms with Gasteiger partial charge in [0.15, 0.2) is 0 Å². The lowest BCUT2D eigenvalue weighted by atomic mass is 10.00. The topological polar surface area (TPSA) is 50.4 Å². The molecule has 2 N–H and O–H groups in total. The largest absolute Gasteiger partial charge is 0.378 e. The fraction of sp³-hybridized carbons (Fsp3) is 0.917. The van der Waals surface area contributed by atoms with E-state index < -0.39 is 0 Å². The Morgan fingerprint density at radius 3 is 2.82 bits per heavy atom. The van der Waals surface area contributed by atoms with Gasteiger partial charge >= 0.3 is 0 Å². The van der Waals surface area contributed by atoms with Crippen LogP contribution in [0.15, 0.2) is 0 Å². The summed E-state index contributed by atoms with van der Waals surface area (Å²) in [5.74, 6) is 0.0983. The van der Waals surface area contributed by atoms with E-state index in [1.165, 1.54) is 0 Å². The molecule has 0 aromatic carbocycles. The van der Waals surface area contributed by atoms with Gasteiger partial charge in [-0.2, -0.15) is 0 Å². The zero-order valence-corrected chi connectivity index (χ0v) is 11.8. The van der Waals surface area contributed by atoms with Crippen molar-refractivity contribution >= 4 is 18.3 Å². The fourth-order valence-corrected chi connectivity index (χ4v) is 1.91. The van der Waals surface area contributed by atoms with E-state index in [4.69, 9.17) is 4.74 Å². The molecule has 1 aliphatic rings. The lowest BCUT2D eigenvalue weighted by molar-refractivity contribution is -0.123. The number of amides is 1. The predicted molar refractivity (Wildman–Crippen MR) is 71.6 cm³/mol. The van der Waals surface area contributed by atoms with Crippen molar-refractivity contribution < 1.29 is 9.53 Å². The summed E-state index contributed by atoms with van der Waals surface area (Å²) in [5, 5.41) is 6.43. The summed E-state index contributed by atoms with van der Waals surface area (Å²) >= 11 is 0. The molecule has 0 saturated carbocycles. The first kappa shape index (κ1) is 16.7. The maximum atomic E-state index is 11.6. The van der Waals surface area contributed by atoms with Crippen LogP contribution in [0.5, 0.6) is 0 Å². The molecule has 1 heterocycles. The summed E-state index contributed by atoms with van der Waals surface area (Å²) < 4.78 is 5.35. The van der Waals surface area contributed by atoms with Crippen molar-refractivity contribution in [1.29, 1.82) is 0 Å². The van der Waals surface area contributed by atoms with E-state index in [0.29, 0.717) is 19.1 Å². The molecule has 0 bridgehead atoms. The minimum Gasteiger partial charge on any atom is -0.378 e. The third kappa shape index (κ3) is 6.86. The molecule has 0 spiro atoms. The van der Waals surface area contributed by atoms with Crippen molar-refractivity contribution in [2.75, 3.05) is 13.2 Å². The molecule has 5 heteroatoms. The summed E-state index contributed by atoms with van der Waals surface area (Å²) in [7, 11) is 0. The fourth-order valence-electron chi connectivity index (χ4n) is 1.91. The Morgan fingerprint density at radius 2 is 2.24 bits per heavy atom. The van der Waals surface area contributed by atoms with Gasteiger partial charge in [-0.15, -0.1) is 12.4 Å². The number of hydrogen-bond donors (Lipinski definition) is 2. The summed E-state index contributed by atoms with van der Waals surface area (Å²) in [4.78, 5) is 11.6. The Kier molecular flexibility index (Phi) is 8.56. The van der Waals surface area contributed by atoms with Crippen LogP contribution in [0.4, 0.5) is 0 Å². The minimum absolute atomic E-state index is 0. The van der Waals surface area contributed by atoms with Gasteiger partial charge in [-0.3, -0.25) is 4.79 Å². The van der Waals surface area contributed by atoms with Crippen LogP contribution in [-0.2, 0) is 9.53 Å². The molecule has 2 unspecified atom stereocenters. The van der Waals surface area contributed by atoms with E-state index in [2.05, 4.69) is 17.6 Å². The van der Waals surface area contributed by atoms with Gasteiger partial charge in [0, 0.05) is 18.5 Å². The van der Waals surface area contributed by atoms with Crippen LogP contribution < -0.4 is 10.6 Å². The molecule has 0 radical (unpaired) electrons. The molecule has 17 heavy (non-hydrogen) atoms. The highest BCUT2D eigenvalue weighted by molar-refractivity contribution is 5.85. The number of carbonyl (C=O) groups excluding carboxylic acids is 1. The molecule has 0 aliphatic carbocycles. The lowest BCUT2D eigenvalue weighted by Crippen LogP contribution is -2.52. The van der Waals surface area contributed by atoms with Crippen LogP contribution in [0.3, 0.4) is 0 Å². The van der Waals surface area contributed by atoms with Gasteiger partial charge in [0.2, 0.25) is 5.91 Å². The highest BCUT2D eigenvalue weighted by atomic mass is 35.5. The molecule has 0 aromatic rings. The number of rotatable bonds is 5. The van der Waals surface area contributed by atoms with Crippen LogP contribution >= 0.6 is 12.4 Å². The molecule has 1 fully saturated rings. The monoisotopic (exact) mass is 264 g/mol. The number of piperidine rings is 1. The van der Waals surface area contributed by atoms with Crippen LogP contribution in [0.1, 0.15) is 40.0 Å². The summed E-state index contributed by atoms with van der Waals surface area (Å²) in [6, 6.07) is 0.656. The number of nitrogens with one attached hydrogen (secondary N) is 2. The van der Waals surface area contributed by atoms with E-state index >= 15 is 0 Å². The molecule has 2 atom stereocenters. The number of carbonyl (C=O) groups is 1. The van der Waals surface area contributed by atoms with Gasteiger partial charge in [-0.05, 0) is 40.2 Å². The highest BCUT2D eigenvalue weighted by Gasteiger charge is 2.21. The third-order valence-electron chi connectivity index (χ3n) is 2.89. The lowest BCUT2D eigenvalue weighted by Gasteiger charge is -2.30. The van der Waals surface area contributed by atoms with Crippen molar-refractivity contribution in [3.05, 3.63) is 0 Å². The zero-order chi connectivity index (χ0) is 12.0. The molecule has 1 amide bonds. The Morgan fingerprint density at radius 1 is 1.53 bits per heavy atom. The van der Waals surface area contributed by atoms with Crippen molar-refractivity contribution in [3.8, 4) is 0 Å². The molecule has 102 valence electrons. The predicted octanol–water partition coefficient (Wildman–Crippen LogP) is 1.48. The second kappa shape index (κ2) is 8.72. The molecule has 4 nitrogen and oxygen atoms in total. The van der Waals surface area contributed by atoms with Crippen LogP contribution in [0.25, 0.3) is 0 Å². The summed E-state index contributed by atoms with van der Waals surface area (Å²) in [6.45, 7) is 7.65. The van der Waals surface area contributed by atoms with Crippen molar-refractivity contribution in [2.45, 2.75) is 58.2 Å². The maximum Gasteiger partial charge on any atom is 0.222 e. The summed E-state index contributed by atoms with van der Waals surface area (Å²) in [5.41, 5.74) is 0. The van der Waals surface area contributed by atoms with E-state index in [9.17, 15) is 4.79 Å². The van der Waals surface area contributed by atoms with Crippen molar-refractivity contribution in [1.82, 2.24) is 10.6 Å². The maximum absolute atomic E-state index is 11.6. The average Bonchev–Trinajstić information content (AvgIpc) is 2.21. The summed E-state index contributed by atoms with van der Waals surface area (Å²) in [6.07, 6.45) is 2.87. The van der Waals surface area contributed by atoms with E-state index in [1.807, 2.05) is 13.8 Å². The SMILES string of the molecule is CC(C)OCCC(=O)NC1CCCNC1C.Cl.